The SMILES string of the molecule is C=C1O[C@H](OC)[C@H](OCc2ccccc2)[C@@H](OCc2ccccc2)[C@@H]1OCOC. The zero-order valence-electron chi connectivity index (χ0n) is 16.9. The predicted molar refractivity (Wildman–Crippen MR) is 108 cm³/mol. The van der Waals surface area contributed by atoms with E-state index in [-0.39, 0.29) is 6.79 Å². The first-order valence-electron chi connectivity index (χ1n) is 9.52. The summed E-state index contributed by atoms with van der Waals surface area (Å²) in [5.74, 6) is 0.423. The molecule has 1 fully saturated rings. The van der Waals surface area contributed by atoms with Crippen LogP contribution in [0.2, 0.25) is 0 Å². The van der Waals surface area contributed by atoms with Crippen LogP contribution in [0.5, 0.6) is 0 Å². The van der Waals surface area contributed by atoms with Gasteiger partial charge >= 0.3 is 0 Å². The number of rotatable bonds is 10. The maximum absolute atomic E-state index is 6.26. The summed E-state index contributed by atoms with van der Waals surface area (Å²) in [6.07, 6.45) is -2.21. The molecule has 0 aliphatic carbocycles. The minimum atomic E-state index is -0.658. The Morgan fingerprint density at radius 3 is 1.86 bits per heavy atom. The third-order valence-corrected chi connectivity index (χ3v) is 4.64. The van der Waals surface area contributed by atoms with Crippen LogP contribution in [0.3, 0.4) is 0 Å². The van der Waals surface area contributed by atoms with E-state index in [4.69, 9.17) is 28.4 Å². The molecule has 29 heavy (non-hydrogen) atoms. The smallest absolute Gasteiger partial charge is 0.228 e. The Hall–Kier alpha value is -2.22. The van der Waals surface area contributed by atoms with Crippen molar-refractivity contribution in [2.75, 3.05) is 21.0 Å². The molecule has 0 spiro atoms. The fourth-order valence-corrected chi connectivity index (χ4v) is 3.19. The molecule has 0 amide bonds. The molecule has 0 radical (unpaired) electrons. The summed E-state index contributed by atoms with van der Waals surface area (Å²) in [4.78, 5) is 0. The van der Waals surface area contributed by atoms with Crippen molar-refractivity contribution in [3.05, 3.63) is 84.1 Å². The summed E-state index contributed by atoms with van der Waals surface area (Å²) in [5, 5.41) is 0. The van der Waals surface area contributed by atoms with Gasteiger partial charge in [-0.25, -0.2) is 0 Å². The van der Waals surface area contributed by atoms with Crippen molar-refractivity contribution in [2.45, 2.75) is 37.8 Å². The van der Waals surface area contributed by atoms with Crippen LogP contribution in [0.1, 0.15) is 11.1 Å². The molecular weight excluding hydrogens is 372 g/mol. The maximum Gasteiger partial charge on any atom is 0.228 e. The molecule has 1 aliphatic heterocycles. The standard InChI is InChI=1S/C23H28O6/c1-17-20(28-16-24-2)21(26-14-18-10-6-4-7-11-18)22(23(25-3)29-17)27-15-19-12-8-5-9-13-19/h4-13,20-23H,1,14-16H2,2-3H3/t20-,21+,22-,23+/m1/s1. The van der Waals surface area contributed by atoms with Crippen molar-refractivity contribution < 1.29 is 28.4 Å². The molecule has 1 saturated heterocycles. The number of hydrogen-bond donors (Lipinski definition) is 0. The summed E-state index contributed by atoms with van der Waals surface area (Å²) in [7, 11) is 3.13. The van der Waals surface area contributed by atoms with Crippen LogP contribution in [0.4, 0.5) is 0 Å². The maximum atomic E-state index is 6.26. The molecule has 0 bridgehead atoms. The highest BCUT2D eigenvalue weighted by Gasteiger charge is 2.46. The first-order chi connectivity index (χ1) is 14.2. The van der Waals surface area contributed by atoms with Crippen molar-refractivity contribution in [1.29, 1.82) is 0 Å². The van der Waals surface area contributed by atoms with Gasteiger partial charge < -0.3 is 28.4 Å². The zero-order chi connectivity index (χ0) is 20.5. The molecule has 0 unspecified atom stereocenters. The van der Waals surface area contributed by atoms with Crippen LogP contribution in [0, 0.1) is 0 Å². The molecule has 3 rings (SSSR count). The lowest BCUT2D eigenvalue weighted by molar-refractivity contribution is -0.276. The second kappa shape index (κ2) is 11.1. The van der Waals surface area contributed by atoms with E-state index >= 15 is 0 Å². The van der Waals surface area contributed by atoms with Gasteiger partial charge in [-0.05, 0) is 11.1 Å². The summed E-state index contributed by atoms with van der Waals surface area (Å²) in [6.45, 7) is 4.86. The van der Waals surface area contributed by atoms with Gasteiger partial charge in [0.1, 0.15) is 30.9 Å². The lowest BCUT2D eigenvalue weighted by Gasteiger charge is -2.42. The first kappa shape index (κ1) is 21.5. The third kappa shape index (κ3) is 5.88. The Balaban J connectivity index is 1.78. The molecule has 6 nitrogen and oxygen atoms in total. The van der Waals surface area contributed by atoms with Crippen LogP contribution in [0.15, 0.2) is 73.0 Å². The lowest BCUT2D eigenvalue weighted by atomic mass is 10.0. The largest absolute Gasteiger partial charge is 0.464 e. The van der Waals surface area contributed by atoms with Crippen molar-refractivity contribution in [3.63, 3.8) is 0 Å². The van der Waals surface area contributed by atoms with E-state index in [1.165, 1.54) is 0 Å². The van der Waals surface area contributed by atoms with Gasteiger partial charge in [0, 0.05) is 14.2 Å². The molecule has 0 N–H and O–H groups in total. The fraction of sp³-hybridized carbons (Fsp3) is 0.391. The van der Waals surface area contributed by atoms with E-state index in [1.807, 2.05) is 60.7 Å². The Bertz CT molecular complexity index is 736. The van der Waals surface area contributed by atoms with E-state index in [2.05, 4.69) is 6.58 Å². The molecule has 156 valence electrons. The summed E-state index contributed by atoms with van der Waals surface area (Å²) >= 11 is 0. The van der Waals surface area contributed by atoms with E-state index in [0.29, 0.717) is 19.0 Å². The van der Waals surface area contributed by atoms with E-state index < -0.39 is 24.6 Å². The Labute approximate surface area is 171 Å². The highest BCUT2D eigenvalue weighted by molar-refractivity contribution is 5.15. The Morgan fingerprint density at radius 1 is 0.793 bits per heavy atom. The van der Waals surface area contributed by atoms with Gasteiger partial charge in [0.15, 0.2) is 0 Å². The molecule has 1 aliphatic rings. The van der Waals surface area contributed by atoms with Crippen LogP contribution in [0.25, 0.3) is 0 Å². The Morgan fingerprint density at radius 2 is 1.34 bits per heavy atom. The first-order valence-corrected chi connectivity index (χ1v) is 9.52. The van der Waals surface area contributed by atoms with Gasteiger partial charge in [0.2, 0.25) is 6.29 Å². The molecule has 1 heterocycles. The van der Waals surface area contributed by atoms with E-state index in [0.717, 1.165) is 11.1 Å². The highest BCUT2D eigenvalue weighted by atomic mass is 16.7. The quantitative estimate of drug-likeness (QED) is 0.568. The van der Waals surface area contributed by atoms with Crippen LogP contribution < -0.4 is 0 Å². The Kier molecular flexibility index (Phi) is 8.22. The van der Waals surface area contributed by atoms with Gasteiger partial charge in [-0.2, -0.15) is 0 Å². The highest BCUT2D eigenvalue weighted by Crippen LogP contribution is 2.31. The average Bonchev–Trinajstić information content (AvgIpc) is 2.77. The molecule has 2 aromatic rings. The summed E-state index contributed by atoms with van der Waals surface area (Å²) in [5.41, 5.74) is 2.09. The molecular formula is C23H28O6. The number of hydrogen-bond acceptors (Lipinski definition) is 6. The van der Waals surface area contributed by atoms with Gasteiger partial charge in [-0.15, -0.1) is 0 Å². The molecule has 4 atom stereocenters. The monoisotopic (exact) mass is 400 g/mol. The molecule has 0 saturated carbocycles. The van der Waals surface area contributed by atoms with E-state index in [9.17, 15) is 0 Å². The average molecular weight is 400 g/mol. The second-order valence-corrected chi connectivity index (χ2v) is 6.70. The molecule has 6 heteroatoms. The molecule has 2 aromatic carbocycles. The lowest BCUT2D eigenvalue weighted by Crippen LogP contribution is -2.55. The van der Waals surface area contributed by atoms with Gasteiger partial charge in [-0.3, -0.25) is 0 Å². The third-order valence-electron chi connectivity index (χ3n) is 4.64. The minimum Gasteiger partial charge on any atom is -0.464 e. The van der Waals surface area contributed by atoms with Crippen molar-refractivity contribution in [1.82, 2.24) is 0 Å². The van der Waals surface area contributed by atoms with Crippen LogP contribution in [-0.4, -0.2) is 45.6 Å². The zero-order valence-corrected chi connectivity index (χ0v) is 16.9. The fourth-order valence-electron chi connectivity index (χ4n) is 3.19. The summed E-state index contributed by atoms with van der Waals surface area (Å²) in [6, 6.07) is 19.8. The number of methoxy groups -OCH3 is 2. The van der Waals surface area contributed by atoms with Crippen LogP contribution >= 0.6 is 0 Å². The van der Waals surface area contributed by atoms with E-state index in [1.54, 1.807) is 14.2 Å². The number of benzene rings is 2. The topological polar surface area (TPSA) is 55.4 Å². The number of ether oxygens (including phenoxy) is 6. The van der Waals surface area contributed by atoms with Crippen molar-refractivity contribution in [2.24, 2.45) is 0 Å². The van der Waals surface area contributed by atoms with Crippen molar-refractivity contribution in [3.8, 4) is 0 Å². The minimum absolute atomic E-state index is 0.0846. The van der Waals surface area contributed by atoms with Gasteiger partial charge in [0.05, 0.1) is 13.2 Å². The normalized spacial score (nSPS) is 24.3. The van der Waals surface area contributed by atoms with Gasteiger partial charge in [0.25, 0.3) is 0 Å². The molecule has 0 aromatic heterocycles. The van der Waals surface area contributed by atoms with Crippen LogP contribution in [-0.2, 0) is 41.6 Å². The van der Waals surface area contributed by atoms with Gasteiger partial charge in [-0.1, -0.05) is 67.2 Å². The second-order valence-electron chi connectivity index (χ2n) is 6.70. The van der Waals surface area contributed by atoms with Crippen molar-refractivity contribution >= 4 is 0 Å². The summed E-state index contributed by atoms with van der Waals surface area (Å²) < 4.78 is 34.7. The predicted octanol–water partition coefficient (Wildman–Crippen LogP) is 3.66.